The van der Waals surface area contributed by atoms with Crippen LogP contribution in [0.1, 0.15) is 13.3 Å². The minimum absolute atomic E-state index is 0.00349. The van der Waals surface area contributed by atoms with Crippen molar-refractivity contribution in [2.24, 2.45) is 5.92 Å². The van der Waals surface area contributed by atoms with Gasteiger partial charge >= 0.3 is 0 Å². The van der Waals surface area contributed by atoms with E-state index in [0.717, 1.165) is 12.0 Å². The molecule has 1 N–H and O–H groups in total. The lowest BCUT2D eigenvalue weighted by Gasteiger charge is -2.26. The standard InChI is InChI=1S/C11H13BrCl2O/c1-2-8(7-15)5-9-3-4-10(13)6-11(9,12)14/h3-6,9,15H,2,7H2,1H3. The zero-order valence-corrected chi connectivity index (χ0v) is 11.5. The maximum Gasteiger partial charge on any atom is 0.129 e. The number of aliphatic hydroxyl groups excluding tert-OH is 1. The highest BCUT2D eigenvalue weighted by molar-refractivity contribution is 9.10. The van der Waals surface area contributed by atoms with Crippen molar-refractivity contribution in [3.63, 3.8) is 0 Å². The molecule has 0 amide bonds. The molecule has 2 atom stereocenters. The van der Waals surface area contributed by atoms with Gasteiger partial charge in [-0.3, -0.25) is 0 Å². The molecule has 4 heteroatoms. The minimum atomic E-state index is -0.686. The van der Waals surface area contributed by atoms with Crippen LogP contribution in [-0.4, -0.2) is 15.5 Å². The van der Waals surface area contributed by atoms with E-state index in [9.17, 15) is 0 Å². The number of aliphatic hydroxyl groups is 1. The van der Waals surface area contributed by atoms with Gasteiger partial charge in [0.25, 0.3) is 0 Å². The highest BCUT2D eigenvalue weighted by atomic mass is 79.9. The summed E-state index contributed by atoms with van der Waals surface area (Å²) in [6.07, 6.45) is 8.28. The van der Waals surface area contributed by atoms with Crippen LogP contribution < -0.4 is 0 Å². The first-order valence-electron chi connectivity index (χ1n) is 4.74. The van der Waals surface area contributed by atoms with Crippen LogP contribution >= 0.6 is 39.1 Å². The fourth-order valence-corrected chi connectivity index (χ4v) is 2.57. The number of alkyl halides is 2. The first-order valence-corrected chi connectivity index (χ1v) is 6.29. The Labute approximate surface area is 109 Å². The molecule has 0 aromatic carbocycles. The molecule has 15 heavy (non-hydrogen) atoms. The second-order valence-electron chi connectivity index (χ2n) is 3.43. The number of hydrogen-bond donors (Lipinski definition) is 1. The third-order valence-corrected chi connectivity index (χ3v) is 3.66. The van der Waals surface area contributed by atoms with Crippen LogP contribution in [0.4, 0.5) is 0 Å². The molecule has 0 aromatic heterocycles. The minimum Gasteiger partial charge on any atom is -0.392 e. The van der Waals surface area contributed by atoms with Crippen LogP contribution in [0.2, 0.25) is 0 Å². The normalized spacial score (nSPS) is 31.7. The monoisotopic (exact) mass is 310 g/mol. The third-order valence-electron chi connectivity index (χ3n) is 2.31. The highest BCUT2D eigenvalue weighted by Gasteiger charge is 2.31. The fourth-order valence-electron chi connectivity index (χ4n) is 1.36. The first-order chi connectivity index (χ1) is 6.99. The van der Waals surface area contributed by atoms with E-state index in [1.807, 2.05) is 25.2 Å². The second-order valence-corrected chi connectivity index (χ2v) is 6.26. The Morgan fingerprint density at radius 3 is 2.87 bits per heavy atom. The molecule has 0 radical (unpaired) electrons. The van der Waals surface area contributed by atoms with Gasteiger partial charge in [-0.25, -0.2) is 0 Å². The van der Waals surface area contributed by atoms with Crippen molar-refractivity contribution in [2.45, 2.75) is 17.1 Å². The molecule has 0 saturated heterocycles. The van der Waals surface area contributed by atoms with Crippen LogP contribution in [0.15, 0.2) is 34.9 Å². The van der Waals surface area contributed by atoms with E-state index in [0.29, 0.717) is 5.03 Å². The second kappa shape index (κ2) is 5.53. The van der Waals surface area contributed by atoms with Gasteiger partial charge in [-0.1, -0.05) is 46.6 Å². The smallest absolute Gasteiger partial charge is 0.129 e. The van der Waals surface area contributed by atoms with Crippen LogP contribution in [0.25, 0.3) is 0 Å². The quantitative estimate of drug-likeness (QED) is 0.618. The summed E-state index contributed by atoms with van der Waals surface area (Å²) in [7, 11) is 0. The molecule has 0 aromatic rings. The maximum atomic E-state index is 9.09. The van der Waals surface area contributed by atoms with E-state index in [-0.39, 0.29) is 12.5 Å². The Hall–Kier alpha value is 0.240. The number of halogens is 3. The largest absolute Gasteiger partial charge is 0.392 e. The zero-order chi connectivity index (χ0) is 11.5. The Kier molecular flexibility index (Phi) is 4.91. The van der Waals surface area contributed by atoms with Gasteiger partial charge in [0.05, 0.1) is 6.61 Å². The van der Waals surface area contributed by atoms with Gasteiger partial charge in [0.1, 0.15) is 3.78 Å². The van der Waals surface area contributed by atoms with Gasteiger partial charge in [0.2, 0.25) is 0 Å². The number of hydrogen-bond acceptors (Lipinski definition) is 1. The van der Waals surface area contributed by atoms with Crippen LogP contribution in [0.3, 0.4) is 0 Å². The lowest BCUT2D eigenvalue weighted by atomic mass is 9.96. The molecule has 2 unspecified atom stereocenters. The molecule has 1 rings (SSSR count). The molecule has 0 bridgehead atoms. The van der Waals surface area contributed by atoms with E-state index >= 15 is 0 Å². The molecular weight excluding hydrogens is 299 g/mol. The fraction of sp³-hybridized carbons (Fsp3) is 0.455. The van der Waals surface area contributed by atoms with Crippen molar-refractivity contribution in [3.05, 3.63) is 34.9 Å². The molecule has 84 valence electrons. The van der Waals surface area contributed by atoms with Crippen molar-refractivity contribution < 1.29 is 5.11 Å². The van der Waals surface area contributed by atoms with Gasteiger partial charge in [0, 0.05) is 11.0 Å². The van der Waals surface area contributed by atoms with E-state index in [1.165, 1.54) is 0 Å². The predicted octanol–water partition coefficient (Wildman–Crippen LogP) is 3.95. The molecule has 0 saturated carbocycles. The summed E-state index contributed by atoms with van der Waals surface area (Å²) in [6, 6.07) is 0. The summed E-state index contributed by atoms with van der Waals surface area (Å²) < 4.78 is -0.686. The molecule has 0 aliphatic heterocycles. The topological polar surface area (TPSA) is 20.2 Å². The molecule has 1 aliphatic rings. The van der Waals surface area contributed by atoms with Crippen molar-refractivity contribution in [1.82, 2.24) is 0 Å². The SMILES string of the molecule is CCC(=CC1C=CC(Cl)=CC1(Cl)Br)CO. The van der Waals surface area contributed by atoms with E-state index < -0.39 is 3.78 Å². The summed E-state index contributed by atoms with van der Waals surface area (Å²) in [6.45, 7) is 2.07. The van der Waals surface area contributed by atoms with Crippen molar-refractivity contribution in [1.29, 1.82) is 0 Å². The average Bonchev–Trinajstić information content (AvgIpc) is 2.16. The van der Waals surface area contributed by atoms with Gasteiger partial charge in [-0.05, 0) is 24.1 Å². The maximum absolute atomic E-state index is 9.09. The summed E-state index contributed by atoms with van der Waals surface area (Å²) in [5.74, 6) is 0.00349. The Balaban J connectivity index is 2.89. The summed E-state index contributed by atoms with van der Waals surface area (Å²) >= 11 is 15.5. The summed E-state index contributed by atoms with van der Waals surface area (Å²) in [5.41, 5.74) is 0.973. The average molecular weight is 312 g/mol. The van der Waals surface area contributed by atoms with Crippen molar-refractivity contribution in [3.8, 4) is 0 Å². The van der Waals surface area contributed by atoms with E-state index in [1.54, 1.807) is 6.08 Å². The van der Waals surface area contributed by atoms with Crippen molar-refractivity contribution >= 4 is 39.1 Å². The van der Waals surface area contributed by atoms with Crippen molar-refractivity contribution in [2.75, 3.05) is 6.61 Å². The van der Waals surface area contributed by atoms with E-state index in [4.69, 9.17) is 28.3 Å². The van der Waals surface area contributed by atoms with E-state index in [2.05, 4.69) is 15.9 Å². The van der Waals surface area contributed by atoms with Crippen LogP contribution in [-0.2, 0) is 0 Å². The van der Waals surface area contributed by atoms with Crippen LogP contribution in [0, 0.1) is 5.92 Å². The first kappa shape index (κ1) is 13.3. The van der Waals surface area contributed by atoms with Gasteiger partial charge in [-0.15, -0.1) is 11.6 Å². The molecule has 0 spiro atoms. The number of rotatable bonds is 3. The highest BCUT2D eigenvalue weighted by Crippen LogP contribution is 2.41. The summed E-state index contributed by atoms with van der Waals surface area (Å²) in [5, 5.41) is 9.71. The molecular formula is C11H13BrCl2O. The molecule has 1 aliphatic carbocycles. The Bertz CT molecular complexity index is 313. The third kappa shape index (κ3) is 3.63. The summed E-state index contributed by atoms with van der Waals surface area (Å²) in [4.78, 5) is 0. The van der Waals surface area contributed by atoms with Gasteiger partial charge in [-0.2, -0.15) is 0 Å². The van der Waals surface area contributed by atoms with Gasteiger partial charge < -0.3 is 5.11 Å². The lowest BCUT2D eigenvalue weighted by molar-refractivity contribution is 0.326. The van der Waals surface area contributed by atoms with Crippen LogP contribution in [0.5, 0.6) is 0 Å². The molecule has 0 fully saturated rings. The molecule has 1 nitrogen and oxygen atoms in total. The Morgan fingerprint density at radius 2 is 2.40 bits per heavy atom. The predicted molar refractivity (Wildman–Crippen MR) is 69.5 cm³/mol. The zero-order valence-electron chi connectivity index (χ0n) is 8.38. The number of allylic oxidation sites excluding steroid dienone is 5. The Morgan fingerprint density at radius 1 is 1.73 bits per heavy atom. The van der Waals surface area contributed by atoms with Gasteiger partial charge in [0.15, 0.2) is 0 Å². The molecule has 0 heterocycles. The lowest BCUT2D eigenvalue weighted by Crippen LogP contribution is -2.22.